The number of rotatable bonds is 3. The zero-order valence-electron chi connectivity index (χ0n) is 15.1. The van der Waals surface area contributed by atoms with Crippen LogP contribution in [-0.2, 0) is 4.74 Å². The summed E-state index contributed by atoms with van der Waals surface area (Å²) in [5, 5.41) is 9.40. The number of benzene rings is 1. The molecule has 0 aliphatic carbocycles. The van der Waals surface area contributed by atoms with E-state index in [0.717, 1.165) is 11.1 Å². The van der Waals surface area contributed by atoms with Gasteiger partial charge in [-0.15, -0.1) is 0 Å². The molecule has 5 nitrogen and oxygen atoms in total. The number of likely N-dealkylation sites (tertiary alicyclic amines) is 1. The highest BCUT2D eigenvalue weighted by molar-refractivity contribution is 5.89. The molecule has 0 aromatic heterocycles. The molecule has 0 saturated carbocycles. The van der Waals surface area contributed by atoms with Gasteiger partial charge in [-0.2, -0.15) is 0 Å². The van der Waals surface area contributed by atoms with Crippen LogP contribution in [-0.4, -0.2) is 41.8 Å². The Morgan fingerprint density at radius 3 is 2.50 bits per heavy atom. The minimum atomic E-state index is -0.883. The van der Waals surface area contributed by atoms with Crippen molar-refractivity contribution in [1.82, 2.24) is 4.90 Å². The van der Waals surface area contributed by atoms with E-state index in [4.69, 9.17) is 4.74 Å². The van der Waals surface area contributed by atoms with Crippen LogP contribution >= 0.6 is 0 Å². The van der Waals surface area contributed by atoms with Crippen molar-refractivity contribution in [2.45, 2.75) is 40.5 Å². The molecule has 2 rings (SSSR count). The topological polar surface area (TPSA) is 66.8 Å². The van der Waals surface area contributed by atoms with Crippen LogP contribution in [0.15, 0.2) is 18.2 Å². The number of carboxylic acid groups (broad SMARTS) is 1. The summed E-state index contributed by atoms with van der Waals surface area (Å²) in [6, 6.07) is 5.57. The Morgan fingerprint density at radius 2 is 1.96 bits per heavy atom. The molecule has 2 atom stereocenters. The van der Waals surface area contributed by atoms with Gasteiger partial charge in [0.25, 0.3) is 0 Å². The fraction of sp³-hybridized carbons (Fsp3) is 0.579. The van der Waals surface area contributed by atoms with Crippen molar-refractivity contribution in [3.05, 3.63) is 34.9 Å². The van der Waals surface area contributed by atoms with Gasteiger partial charge < -0.3 is 14.7 Å². The number of aryl methyl sites for hydroxylation is 1. The SMILES string of the molecule is CCOC(=O)c1ccc(C)c(C2CN(C(=O)O)CC2C(C)(C)C)c1. The molecule has 0 bridgehead atoms. The lowest BCUT2D eigenvalue weighted by molar-refractivity contribution is 0.0526. The molecule has 1 N–H and O–H groups in total. The van der Waals surface area contributed by atoms with E-state index < -0.39 is 6.09 Å². The van der Waals surface area contributed by atoms with Crippen LogP contribution in [0.1, 0.15) is 55.1 Å². The molecule has 5 heteroatoms. The molecule has 0 spiro atoms. The van der Waals surface area contributed by atoms with Crippen LogP contribution in [0.2, 0.25) is 0 Å². The molecule has 132 valence electrons. The van der Waals surface area contributed by atoms with Crippen LogP contribution in [0.5, 0.6) is 0 Å². The normalized spacial score (nSPS) is 21.0. The molecule has 1 saturated heterocycles. The molecule has 1 aromatic rings. The van der Waals surface area contributed by atoms with Gasteiger partial charge in [0, 0.05) is 19.0 Å². The van der Waals surface area contributed by atoms with Crippen molar-refractivity contribution in [2.75, 3.05) is 19.7 Å². The zero-order chi connectivity index (χ0) is 18.1. The van der Waals surface area contributed by atoms with E-state index in [9.17, 15) is 14.7 Å². The number of amides is 1. The van der Waals surface area contributed by atoms with E-state index >= 15 is 0 Å². The first-order valence-electron chi connectivity index (χ1n) is 8.40. The zero-order valence-corrected chi connectivity index (χ0v) is 15.1. The van der Waals surface area contributed by atoms with E-state index in [2.05, 4.69) is 20.8 Å². The lowest BCUT2D eigenvalue weighted by atomic mass is 9.72. The van der Waals surface area contributed by atoms with Crippen molar-refractivity contribution in [1.29, 1.82) is 0 Å². The molecule has 1 amide bonds. The average molecular weight is 333 g/mol. The smallest absolute Gasteiger partial charge is 0.407 e. The molecule has 1 heterocycles. The molecular weight excluding hydrogens is 306 g/mol. The van der Waals surface area contributed by atoms with Gasteiger partial charge in [-0.3, -0.25) is 0 Å². The second-order valence-corrected chi connectivity index (χ2v) is 7.56. The Kier molecular flexibility index (Phi) is 5.21. The number of nitrogens with zero attached hydrogens (tertiary/aromatic N) is 1. The lowest BCUT2D eigenvalue weighted by Gasteiger charge is -2.32. The number of carbonyl (C=O) groups is 2. The third-order valence-electron chi connectivity index (χ3n) is 4.89. The van der Waals surface area contributed by atoms with Gasteiger partial charge in [-0.25, -0.2) is 9.59 Å². The number of hydrogen-bond donors (Lipinski definition) is 1. The Bertz CT molecular complexity index is 633. The monoisotopic (exact) mass is 333 g/mol. The maximum absolute atomic E-state index is 12.0. The fourth-order valence-corrected chi connectivity index (χ4v) is 3.53. The van der Waals surface area contributed by atoms with Gasteiger partial charge in [0.05, 0.1) is 12.2 Å². The molecule has 0 radical (unpaired) electrons. The summed E-state index contributed by atoms with van der Waals surface area (Å²) in [7, 11) is 0. The van der Waals surface area contributed by atoms with Crippen molar-refractivity contribution in [3.8, 4) is 0 Å². The molecule has 24 heavy (non-hydrogen) atoms. The van der Waals surface area contributed by atoms with Crippen LogP contribution in [0.3, 0.4) is 0 Å². The summed E-state index contributed by atoms with van der Waals surface area (Å²) in [5.74, 6) is -0.0561. The Morgan fingerprint density at radius 1 is 1.29 bits per heavy atom. The van der Waals surface area contributed by atoms with Gasteiger partial charge in [-0.1, -0.05) is 26.8 Å². The Hall–Kier alpha value is -2.04. The van der Waals surface area contributed by atoms with Crippen LogP contribution in [0.4, 0.5) is 4.79 Å². The van der Waals surface area contributed by atoms with Crippen molar-refractivity contribution in [2.24, 2.45) is 11.3 Å². The highest BCUT2D eigenvalue weighted by Gasteiger charge is 2.42. The maximum atomic E-state index is 12.0. The molecule has 1 aliphatic rings. The average Bonchev–Trinajstić information content (AvgIpc) is 2.93. The van der Waals surface area contributed by atoms with Gasteiger partial charge in [-0.05, 0) is 48.4 Å². The molecular formula is C19H27NO4. The van der Waals surface area contributed by atoms with Gasteiger partial charge >= 0.3 is 12.1 Å². The van der Waals surface area contributed by atoms with Crippen LogP contribution in [0, 0.1) is 18.3 Å². The van der Waals surface area contributed by atoms with Gasteiger partial charge in [0.2, 0.25) is 0 Å². The minimum absolute atomic E-state index is 0.0265. The van der Waals surface area contributed by atoms with E-state index in [1.165, 1.54) is 4.90 Å². The van der Waals surface area contributed by atoms with Crippen LogP contribution in [0.25, 0.3) is 0 Å². The number of hydrogen-bond acceptors (Lipinski definition) is 3. The Labute approximate surface area is 143 Å². The number of carbonyl (C=O) groups excluding carboxylic acids is 1. The first kappa shape index (κ1) is 18.3. The molecule has 1 fully saturated rings. The summed E-state index contributed by atoms with van der Waals surface area (Å²) in [6.07, 6.45) is -0.883. The minimum Gasteiger partial charge on any atom is -0.465 e. The van der Waals surface area contributed by atoms with E-state index in [0.29, 0.717) is 25.3 Å². The second kappa shape index (κ2) is 6.83. The molecule has 2 unspecified atom stereocenters. The van der Waals surface area contributed by atoms with E-state index in [1.54, 1.807) is 13.0 Å². The third-order valence-corrected chi connectivity index (χ3v) is 4.89. The molecule has 1 aliphatic heterocycles. The largest absolute Gasteiger partial charge is 0.465 e. The Balaban J connectivity index is 2.42. The third kappa shape index (κ3) is 3.71. The fourth-order valence-electron chi connectivity index (χ4n) is 3.53. The number of ether oxygens (including phenoxy) is 1. The summed E-state index contributed by atoms with van der Waals surface area (Å²) in [4.78, 5) is 25.0. The first-order valence-corrected chi connectivity index (χ1v) is 8.40. The lowest BCUT2D eigenvalue weighted by Crippen LogP contribution is -2.30. The summed E-state index contributed by atoms with van der Waals surface area (Å²) < 4.78 is 5.10. The number of esters is 1. The second-order valence-electron chi connectivity index (χ2n) is 7.56. The van der Waals surface area contributed by atoms with Crippen molar-refractivity contribution in [3.63, 3.8) is 0 Å². The highest BCUT2D eigenvalue weighted by Crippen LogP contribution is 2.44. The van der Waals surface area contributed by atoms with E-state index in [1.807, 2.05) is 19.1 Å². The predicted octanol–water partition coefficient (Wildman–Crippen LogP) is 3.91. The quantitative estimate of drug-likeness (QED) is 0.852. The maximum Gasteiger partial charge on any atom is 0.407 e. The first-order chi connectivity index (χ1) is 11.1. The van der Waals surface area contributed by atoms with Crippen molar-refractivity contribution >= 4 is 12.1 Å². The summed E-state index contributed by atoms with van der Waals surface area (Å²) in [5.41, 5.74) is 2.62. The standard InChI is InChI=1S/C19H27NO4/c1-6-24-17(21)13-8-7-12(2)14(9-13)15-10-20(18(22)23)11-16(15)19(3,4)5/h7-9,15-16H,6,10-11H2,1-5H3,(H,22,23). The van der Waals surface area contributed by atoms with Gasteiger partial charge in [0.1, 0.15) is 0 Å². The highest BCUT2D eigenvalue weighted by atomic mass is 16.5. The van der Waals surface area contributed by atoms with Crippen LogP contribution < -0.4 is 0 Å². The summed E-state index contributed by atoms with van der Waals surface area (Å²) in [6.45, 7) is 11.5. The van der Waals surface area contributed by atoms with Crippen molar-refractivity contribution < 1.29 is 19.4 Å². The predicted molar refractivity (Wildman–Crippen MR) is 92.4 cm³/mol. The van der Waals surface area contributed by atoms with Gasteiger partial charge in [0.15, 0.2) is 0 Å². The molecule has 1 aromatic carbocycles. The van der Waals surface area contributed by atoms with E-state index in [-0.39, 0.29) is 23.2 Å². The summed E-state index contributed by atoms with van der Waals surface area (Å²) >= 11 is 0.